The Balaban J connectivity index is 1.51. The first-order valence-electron chi connectivity index (χ1n) is 10.3. The van der Waals surface area contributed by atoms with Gasteiger partial charge in [0.2, 0.25) is 0 Å². The maximum absolute atomic E-state index is 12.3. The number of H-pyrrole nitrogens is 1. The van der Waals surface area contributed by atoms with E-state index in [9.17, 15) is 14.4 Å². The quantitative estimate of drug-likeness (QED) is 0.133. The minimum Gasteiger partial charge on any atom is -0.425 e. The van der Waals surface area contributed by atoms with Crippen LogP contribution in [0.3, 0.4) is 0 Å². The van der Waals surface area contributed by atoms with E-state index in [1.165, 1.54) is 0 Å². The fourth-order valence-corrected chi connectivity index (χ4v) is 3.32. The number of carbonyl (C=O) groups excluding carboxylic acids is 3. The summed E-state index contributed by atoms with van der Waals surface area (Å²) in [5.74, 6) is -1.85. The smallest absolute Gasteiger partial charge is 0.330 e. The molecule has 2 aromatic carbocycles. The van der Waals surface area contributed by atoms with Gasteiger partial charge in [-0.25, -0.2) is 14.4 Å². The molecule has 174 valence electrons. The highest BCUT2D eigenvalue weighted by molar-refractivity contribution is 7.80. The Morgan fingerprint density at radius 2 is 1.48 bits per heavy atom. The van der Waals surface area contributed by atoms with Crippen molar-refractivity contribution in [1.29, 1.82) is 0 Å². The van der Waals surface area contributed by atoms with Crippen molar-refractivity contribution in [3.8, 4) is 5.75 Å². The number of hydrogen-bond donors (Lipinski definition) is 5. The van der Waals surface area contributed by atoms with E-state index in [1.807, 2.05) is 24.3 Å². The first-order valence-corrected chi connectivity index (χ1v) is 10.9. The van der Waals surface area contributed by atoms with Gasteiger partial charge >= 0.3 is 17.9 Å². The van der Waals surface area contributed by atoms with Gasteiger partial charge in [-0.1, -0.05) is 30.3 Å². The summed E-state index contributed by atoms with van der Waals surface area (Å²) in [5, 5.41) is 0.950. The molecule has 10 heteroatoms. The van der Waals surface area contributed by atoms with Crippen LogP contribution in [0.2, 0.25) is 0 Å². The molecule has 0 saturated heterocycles. The topological polar surface area (TPSA) is 164 Å². The van der Waals surface area contributed by atoms with E-state index < -0.39 is 36.0 Å². The van der Waals surface area contributed by atoms with Crippen molar-refractivity contribution >= 4 is 41.4 Å². The maximum atomic E-state index is 12.3. The first-order chi connectivity index (χ1) is 15.8. The molecule has 3 rings (SSSR count). The summed E-state index contributed by atoms with van der Waals surface area (Å²) in [6.45, 7) is 0. The van der Waals surface area contributed by atoms with Gasteiger partial charge in [-0.3, -0.25) is 0 Å². The molecule has 9 nitrogen and oxygen atoms in total. The zero-order valence-corrected chi connectivity index (χ0v) is 18.7. The number of carbonyl (C=O) groups is 3. The number of para-hydroxylation sites is 1. The largest absolute Gasteiger partial charge is 0.425 e. The molecule has 0 aliphatic heterocycles. The van der Waals surface area contributed by atoms with Gasteiger partial charge in [-0.05, 0) is 35.7 Å². The number of nitrogens with one attached hydrogen (secondary N) is 1. The molecule has 0 spiro atoms. The van der Waals surface area contributed by atoms with Gasteiger partial charge in [0.25, 0.3) is 0 Å². The summed E-state index contributed by atoms with van der Waals surface area (Å²) in [6, 6.07) is 11.1. The van der Waals surface area contributed by atoms with Crippen molar-refractivity contribution < 1.29 is 23.9 Å². The third-order valence-electron chi connectivity index (χ3n) is 5.02. The van der Waals surface area contributed by atoms with E-state index in [4.69, 9.17) is 26.7 Å². The lowest BCUT2D eigenvalue weighted by Crippen LogP contribution is -2.41. The van der Waals surface area contributed by atoms with E-state index >= 15 is 0 Å². The van der Waals surface area contributed by atoms with Gasteiger partial charge in [0, 0.05) is 29.3 Å². The Labute approximate surface area is 196 Å². The molecule has 0 saturated carbocycles. The number of esters is 3. The number of thiol groups is 1. The molecular formula is C23H26N4O5S. The second-order valence-electron chi connectivity index (χ2n) is 7.57. The fraction of sp³-hybridized carbons (Fsp3) is 0.261. The SMILES string of the molecule is N[C@H](Cc1c[nH]c2ccccc12)C(=O)OC(=O)[C@@H](N)Cc1ccc(OC(=O)[C@@H](N)CS)cc1. The van der Waals surface area contributed by atoms with E-state index in [0.29, 0.717) is 11.3 Å². The number of benzene rings is 2. The number of fused-ring (bicyclic) bond motifs is 1. The standard InChI is InChI=1S/C23H26N4O5S/c24-17(9-13-5-7-15(8-6-13)31-23(30)19(26)12-33)21(28)32-22(29)18(25)10-14-11-27-20-4-2-1-3-16(14)20/h1-8,11,17-19,27,33H,9-10,12,24-26H2/t17-,18+,19-/m0/s1. The minimum atomic E-state index is -1.07. The first kappa shape index (κ1) is 24.5. The number of aromatic nitrogens is 1. The van der Waals surface area contributed by atoms with Crippen molar-refractivity contribution in [2.45, 2.75) is 31.0 Å². The zero-order valence-electron chi connectivity index (χ0n) is 17.8. The van der Waals surface area contributed by atoms with Crippen molar-refractivity contribution in [2.24, 2.45) is 17.2 Å². The van der Waals surface area contributed by atoms with Gasteiger partial charge in [0.05, 0.1) is 0 Å². The van der Waals surface area contributed by atoms with E-state index in [1.54, 1.807) is 30.5 Å². The molecule has 7 N–H and O–H groups in total. The van der Waals surface area contributed by atoms with Gasteiger partial charge < -0.3 is 31.7 Å². The molecule has 1 aromatic heterocycles. The lowest BCUT2D eigenvalue weighted by molar-refractivity contribution is -0.161. The van der Waals surface area contributed by atoms with Crippen molar-refractivity contribution in [3.63, 3.8) is 0 Å². The van der Waals surface area contributed by atoms with Crippen LogP contribution in [0.15, 0.2) is 54.7 Å². The van der Waals surface area contributed by atoms with Crippen molar-refractivity contribution in [3.05, 3.63) is 65.9 Å². The van der Waals surface area contributed by atoms with Gasteiger partial charge in [-0.2, -0.15) is 12.6 Å². The van der Waals surface area contributed by atoms with Crippen molar-refractivity contribution in [2.75, 3.05) is 5.75 Å². The average Bonchev–Trinajstić information content (AvgIpc) is 3.22. The molecule has 1 heterocycles. The molecule has 0 aliphatic carbocycles. The monoisotopic (exact) mass is 470 g/mol. The summed E-state index contributed by atoms with van der Waals surface area (Å²) in [7, 11) is 0. The molecule has 3 aromatic rings. The Kier molecular flexibility index (Phi) is 8.23. The Hall–Kier alpha value is -3.18. The third-order valence-corrected chi connectivity index (χ3v) is 5.41. The Morgan fingerprint density at radius 1 is 0.848 bits per heavy atom. The van der Waals surface area contributed by atoms with Crippen LogP contribution in [0.5, 0.6) is 5.75 Å². The molecule has 0 amide bonds. The van der Waals surface area contributed by atoms with Crippen LogP contribution < -0.4 is 21.9 Å². The molecule has 0 fully saturated rings. The molecule has 33 heavy (non-hydrogen) atoms. The van der Waals surface area contributed by atoms with Crippen LogP contribution in [0.25, 0.3) is 10.9 Å². The van der Waals surface area contributed by atoms with Crippen molar-refractivity contribution in [1.82, 2.24) is 4.98 Å². The van der Waals surface area contributed by atoms with Crippen LogP contribution in [-0.4, -0.2) is 46.8 Å². The summed E-state index contributed by atoms with van der Waals surface area (Å²) in [5.41, 5.74) is 19.9. The highest BCUT2D eigenvalue weighted by atomic mass is 32.1. The van der Waals surface area contributed by atoms with E-state index in [2.05, 4.69) is 17.6 Å². The summed E-state index contributed by atoms with van der Waals surface area (Å²) >= 11 is 3.95. The molecule has 0 aliphatic rings. The number of nitrogens with two attached hydrogens (primary N) is 3. The predicted octanol–water partition coefficient (Wildman–Crippen LogP) is 0.840. The third kappa shape index (κ3) is 6.42. The van der Waals surface area contributed by atoms with Gasteiger partial charge in [0.1, 0.15) is 23.9 Å². The summed E-state index contributed by atoms with van der Waals surface area (Å²) in [6.07, 6.45) is 2.11. The normalized spacial score (nSPS) is 13.8. The van der Waals surface area contributed by atoms with Crippen LogP contribution in [0, 0.1) is 0 Å². The molecule has 0 bridgehead atoms. The second-order valence-corrected chi connectivity index (χ2v) is 7.94. The average molecular weight is 471 g/mol. The zero-order chi connectivity index (χ0) is 24.0. The van der Waals surface area contributed by atoms with Crippen LogP contribution in [-0.2, 0) is 32.0 Å². The lowest BCUT2D eigenvalue weighted by atomic mass is 10.1. The van der Waals surface area contributed by atoms with E-state index in [-0.39, 0.29) is 18.6 Å². The van der Waals surface area contributed by atoms with Gasteiger partial charge in [-0.15, -0.1) is 0 Å². The van der Waals surface area contributed by atoms with Crippen LogP contribution in [0.1, 0.15) is 11.1 Å². The van der Waals surface area contributed by atoms with E-state index in [0.717, 1.165) is 16.5 Å². The molecule has 0 unspecified atom stereocenters. The number of aromatic amines is 1. The Bertz CT molecular complexity index is 1130. The minimum absolute atomic E-state index is 0.119. The van der Waals surface area contributed by atoms with Crippen LogP contribution >= 0.6 is 12.6 Å². The fourth-order valence-electron chi connectivity index (χ4n) is 3.17. The van der Waals surface area contributed by atoms with Gasteiger partial charge in [0.15, 0.2) is 0 Å². The molecular weight excluding hydrogens is 444 g/mol. The summed E-state index contributed by atoms with van der Waals surface area (Å²) < 4.78 is 10.0. The highest BCUT2D eigenvalue weighted by Crippen LogP contribution is 2.19. The second kappa shape index (κ2) is 11.1. The number of hydrogen-bond acceptors (Lipinski definition) is 9. The maximum Gasteiger partial charge on any atom is 0.330 e. The Morgan fingerprint density at radius 3 is 2.15 bits per heavy atom. The number of ether oxygens (including phenoxy) is 2. The predicted molar refractivity (Wildman–Crippen MR) is 127 cm³/mol. The highest BCUT2D eigenvalue weighted by Gasteiger charge is 2.24. The number of rotatable bonds is 9. The summed E-state index contributed by atoms with van der Waals surface area (Å²) in [4.78, 5) is 39.4. The lowest BCUT2D eigenvalue weighted by Gasteiger charge is -2.14. The van der Waals surface area contributed by atoms with Crippen LogP contribution in [0.4, 0.5) is 0 Å². The molecule has 0 radical (unpaired) electrons. The molecule has 3 atom stereocenters.